The maximum absolute atomic E-state index is 12.0. The van der Waals surface area contributed by atoms with Crippen LogP contribution in [-0.2, 0) is 4.79 Å². The molecule has 19 heavy (non-hydrogen) atoms. The van der Waals surface area contributed by atoms with Crippen molar-refractivity contribution in [1.29, 1.82) is 0 Å². The molecule has 1 amide bonds. The first-order valence-electron chi connectivity index (χ1n) is 6.61. The molecule has 0 aromatic carbocycles. The molecular formula is C14H17ClN2O2. The summed E-state index contributed by atoms with van der Waals surface area (Å²) in [5.74, 6) is 0.612. The smallest absolute Gasteiger partial charge is 0.256 e. The van der Waals surface area contributed by atoms with Crippen LogP contribution in [0, 0.1) is 5.92 Å². The SMILES string of the molecule is O=C(CC1CCCCC1)Nc1ncccc1C(=O)Cl. The highest BCUT2D eigenvalue weighted by Crippen LogP contribution is 2.26. The average molecular weight is 281 g/mol. The van der Waals surface area contributed by atoms with E-state index in [-0.39, 0.29) is 17.3 Å². The van der Waals surface area contributed by atoms with Gasteiger partial charge in [-0.15, -0.1) is 0 Å². The van der Waals surface area contributed by atoms with Gasteiger partial charge in [0.05, 0.1) is 5.56 Å². The Balaban J connectivity index is 1.96. The van der Waals surface area contributed by atoms with Crippen LogP contribution in [0.4, 0.5) is 5.82 Å². The van der Waals surface area contributed by atoms with E-state index in [1.165, 1.54) is 25.5 Å². The van der Waals surface area contributed by atoms with Gasteiger partial charge >= 0.3 is 0 Å². The van der Waals surface area contributed by atoms with Crippen molar-refractivity contribution in [3.8, 4) is 0 Å². The third kappa shape index (κ3) is 4.03. The van der Waals surface area contributed by atoms with E-state index < -0.39 is 5.24 Å². The lowest BCUT2D eigenvalue weighted by atomic mass is 9.87. The van der Waals surface area contributed by atoms with Gasteiger partial charge in [0, 0.05) is 12.6 Å². The number of pyridine rings is 1. The maximum Gasteiger partial charge on any atom is 0.256 e. The molecule has 0 atom stereocenters. The van der Waals surface area contributed by atoms with Crippen molar-refractivity contribution < 1.29 is 9.59 Å². The molecule has 1 saturated carbocycles. The zero-order valence-corrected chi connectivity index (χ0v) is 11.4. The van der Waals surface area contributed by atoms with E-state index in [1.54, 1.807) is 12.1 Å². The number of halogens is 1. The first kappa shape index (κ1) is 14.0. The van der Waals surface area contributed by atoms with E-state index in [1.807, 2.05) is 0 Å². The lowest BCUT2D eigenvalue weighted by molar-refractivity contribution is -0.117. The lowest BCUT2D eigenvalue weighted by Gasteiger charge is -2.20. The first-order chi connectivity index (χ1) is 9.16. The summed E-state index contributed by atoms with van der Waals surface area (Å²) < 4.78 is 0. The summed E-state index contributed by atoms with van der Waals surface area (Å²) in [6.07, 6.45) is 7.91. The predicted molar refractivity (Wildman–Crippen MR) is 74.2 cm³/mol. The summed E-state index contributed by atoms with van der Waals surface area (Å²) in [5.41, 5.74) is 0.237. The van der Waals surface area contributed by atoms with Crippen molar-refractivity contribution in [2.75, 3.05) is 5.32 Å². The molecule has 1 aromatic heterocycles. The Labute approximate surface area is 117 Å². The largest absolute Gasteiger partial charge is 0.310 e. The highest BCUT2D eigenvalue weighted by Gasteiger charge is 2.18. The Morgan fingerprint density at radius 2 is 2.05 bits per heavy atom. The van der Waals surface area contributed by atoms with Crippen LogP contribution < -0.4 is 5.32 Å². The summed E-state index contributed by atoms with van der Waals surface area (Å²) in [6, 6.07) is 3.17. The number of hydrogen-bond acceptors (Lipinski definition) is 3. The van der Waals surface area contributed by atoms with Gasteiger partial charge in [-0.3, -0.25) is 9.59 Å². The molecule has 4 nitrogen and oxygen atoms in total. The van der Waals surface area contributed by atoms with Crippen molar-refractivity contribution in [2.24, 2.45) is 5.92 Å². The second-order valence-electron chi connectivity index (χ2n) is 4.93. The molecule has 2 rings (SSSR count). The third-order valence-corrected chi connectivity index (χ3v) is 3.68. The molecule has 0 saturated heterocycles. The summed E-state index contributed by atoms with van der Waals surface area (Å²) in [7, 11) is 0. The Hall–Kier alpha value is -1.42. The van der Waals surface area contributed by atoms with Gasteiger partial charge < -0.3 is 5.32 Å². The standard InChI is InChI=1S/C14H17ClN2O2/c15-13(19)11-7-4-8-16-14(11)17-12(18)9-10-5-2-1-3-6-10/h4,7-8,10H,1-3,5-6,9H2,(H,16,17,18). The number of amides is 1. The molecule has 0 spiro atoms. The molecule has 1 fully saturated rings. The minimum absolute atomic E-state index is 0.0928. The highest BCUT2D eigenvalue weighted by molar-refractivity contribution is 6.68. The summed E-state index contributed by atoms with van der Waals surface area (Å²) in [6.45, 7) is 0. The van der Waals surface area contributed by atoms with Crippen LogP contribution in [0.3, 0.4) is 0 Å². The number of rotatable bonds is 4. The zero-order chi connectivity index (χ0) is 13.7. The van der Waals surface area contributed by atoms with E-state index >= 15 is 0 Å². The Bertz CT molecular complexity index is 470. The predicted octanol–water partition coefficient (Wildman–Crippen LogP) is 3.37. The molecule has 102 valence electrons. The lowest BCUT2D eigenvalue weighted by Crippen LogP contribution is -2.20. The minimum Gasteiger partial charge on any atom is -0.310 e. The Morgan fingerprint density at radius 1 is 1.32 bits per heavy atom. The number of nitrogens with zero attached hydrogens (tertiary/aromatic N) is 1. The fourth-order valence-corrected chi connectivity index (χ4v) is 2.65. The fourth-order valence-electron chi connectivity index (χ4n) is 2.50. The number of carbonyl (C=O) groups is 2. The molecule has 1 aromatic rings. The van der Waals surface area contributed by atoms with Crippen LogP contribution in [0.2, 0.25) is 0 Å². The van der Waals surface area contributed by atoms with Crippen molar-refractivity contribution >= 4 is 28.6 Å². The van der Waals surface area contributed by atoms with Gasteiger partial charge in [0.1, 0.15) is 5.82 Å². The average Bonchev–Trinajstić information content (AvgIpc) is 2.40. The van der Waals surface area contributed by atoms with E-state index in [4.69, 9.17) is 11.6 Å². The van der Waals surface area contributed by atoms with Crippen LogP contribution in [-0.4, -0.2) is 16.1 Å². The molecule has 1 aliphatic rings. The number of carbonyl (C=O) groups excluding carboxylic acids is 2. The van der Waals surface area contributed by atoms with Gasteiger partial charge in [0.15, 0.2) is 0 Å². The fraction of sp³-hybridized carbons (Fsp3) is 0.500. The van der Waals surface area contributed by atoms with Crippen LogP contribution in [0.25, 0.3) is 0 Å². The van der Waals surface area contributed by atoms with Crippen molar-refractivity contribution in [3.63, 3.8) is 0 Å². The topological polar surface area (TPSA) is 59.1 Å². The second kappa shape index (κ2) is 6.66. The van der Waals surface area contributed by atoms with Crippen LogP contribution >= 0.6 is 11.6 Å². The van der Waals surface area contributed by atoms with E-state index in [9.17, 15) is 9.59 Å². The number of aromatic nitrogens is 1. The molecule has 1 aliphatic carbocycles. The molecule has 0 aliphatic heterocycles. The Kier molecular flexibility index (Phi) is 4.91. The number of nitrogens with one attached hydrogen (secondary N) is 1. The first-order valence-corrected chi connectivity index (χ1v) is 6.99. The van der Waals surface area contributed by atoms with Crippen LogP contribution in [0.1, 0.15) is 48.9 Å². The monoisotopic (exact) mass is 280 g/mol. The number of hydrogen-bond donors (Lipinski definition) is 1. The molecule has 1 heterocycles. The maximum atomic E-state index is 12.0. The molecular weight excluding hydrogens is 264 g/mol. The molecule has 5 heteroatoms. The molecule has 1 N–H and O–H groups in total. The highest BCUT2D eigenvalue weighted by atomic mass is 35.5. The van der Waals surface area contributed by atoms with Gasteiger partial charge in [0.25, 0.3) is 5.24 Å². The van der Waals surface area contributed by atoms with Crippen molar-refractivity contribution in [1.82, 2.24) is 4.98 Å². The van der Waals surface area contributed by atoms with Gasteiger partial charge in [-0.05, 0) is 42.5 Å². The quantitative estimate of drug-likeness (QED) is 0.860. The van der Waals surface area contributed by atoms with E-state index in [2.05, 4.69) is 10.3 Å². The van der Waals surface area contributed by atoms with E-state index in [0.717, 1.165) is 12.8 Å². The molecule has 0 unspecified atom stereocenters. The second-order valence-corrected chi connectivity index (χ2v) is 5.27. The summed E-state index contributed by atoms with van der Waals surface area (Å²) in [4.78, 5) is 27.2. The van der Waals surface area contributed by atoms with Crippen LogP contribution in [0.15, 0.2) is 18.3 Å². The van der Waals surface area contributed by atoms with Gasteiger partial charge in [0.2, 0.25) is 5.91 Å². The normalized spacial score (nSPS) is 16.1. The third-order valence-electron chi connectivity index (χ3n) is 3.48. The van der Waals surface area contributed by atoms with E-state index in [0.29, 0.717) is 12.3 Å². The summed E-state index contributed by atoms with van der Waals surface area (Å²) >= 11 is 5.45. The zero-order valence-electron chi connectivity index (χ0n) is 10.7. The molecule has 0 bridgehead atoms. The molecule has 0 radical (unpaired) electrons. The summed E-state index contributed by atoms with van der Waals surface area (Å²) in [5, 5.41) is 2.07. The van der Waals surface area contributed by atoms with Crippen LogP contribution in [0.5, 0.6) is 0 Å². The van der Waals surface area contributed by atoms with Crippen molar-refractivity contribution in [2.45, 2.75) is 38.5 Å². The van der Waals surface area contributed by atoms with Gasteiger partial charge in [-0.1, -0.05) is 19.3 Å². The number of anilines is 1. The van der Waals surface area contributed by atoms with Gasteiger partial charge in [-0.2, -0.15) is 0 Å². The minimum atomic E-state index is -0.610. The Morgan fingerprint density at radius 3 is 2.74 bits per heavy atom. The van der Waals surface area contributed by atoms with Crippen molar-refractivity contribution in [3.05, 3.63) is 23.9 Å². The van der Waals surface area contributed by atoms with Gasteiger partial charge in [-0.25, -0.2) is 4.98 Å².